The molecular formula is C21H39F3IN5O. The molecule has 0 aromatic carbocycles. The van der Waals surface area contributed by atoms with E-state index < -0.39 is 12.6 Å². The fourth-order valence-electron chi connectivity index (χ4n) is 4.32. The lowest BCUT2D eigenvalue weighted by Crippen LogP contribution is -2.55. The lowest BCUT2D eigenvalue weighted by atomic mass is 9.92. The molecule has 0 spiro atoms. The van der Waals surface area contributed by atoms with Crippen LogP contribution in [0.5, 0.6) is 0 Å². The van der Waals surface area contributed by atoms with E-state index in [4.69, 9.17) is 0 Å². The molecule has 2 saturated heterocycles. The van der Waals surface area contributed by atoms with Crippen molar-refractivity contribution in [2.24, 2.45) is 16.8 Å². The fraction of sp³-hybridized carbons (Fsp3) is 0.905. The topological polar surface area (TPSA) is 51.2 Å². The number of alkyl halides is 3. The molecule has 0 aliphatic carbocycles. The number of nitrogens with zero attached hydrogens (tertiary/aromatic N) is 4. The largest absolute Gasteiger partial charge is 0.389 e. The summed E-state index contributed by atoms with van der Waals surface area (Å²) >= 11 is 0. The maximum atomic E-state index is 12.7. The molecule has 0 saturated carbocycles. The summed E-state index contributed by atoms with van der Waals surface area (Å²) in [6.45, 7) is 12.7. The first-order valence-corrected chi connectivity index (χ1v) is 11.3. The molecule has 0 aromatic rings. The predicted molar refractivity (Wildman–Crippen MR) is 129 cm³/mol. The van der Waals surface area contributed by atoms with Crippen LogP contribution in [0.15, 0.2) is 4.99 Å². The molecule has 10 heteroatoms. The maximum absolute atomic E-state index is 12.7. The summed E-state index contributed by atoms with van der Waals surface area (Å²) in [5, 5.41) is 3.24. The molecule has 182 valence electrons. The number of piperidine rings is 1. The zero-order valence-corrected chi connectivity index (χ0v) is 21.4. The molecule has 31 heavy (non-hydrogen) atoms. The van der Waals surface area contributed by atoms with Crippen molar-refractivity contribution in [3.8, 4) is 0 Å². The van der Waals surface area contributed by atoms with Gasteiger partial charge in [-0.25, -0.2) is 0 Å². The summed E-state index contributed by atoms with van der Waals surface area (Å²) in [4.78, 5) is 23.5. The van der Waals surface area contributed by atoms with Crippen LogP contribution < -0.4 is 5.32 Å². The zero-order chi connectivity index (χ0) is 22.1. The third-order valence-corrected chi connectivity index (χ3v) is 5.72. The van der Waals surface area contributed by atoms with E-state index in [0.29, 0.717) is 37.9 Å². The second-order valence-electron chi connectivity index (χ2n) is 8.82. The minimum atomic E-state index is -4.09. The van der Waals surface area contributed by atoms with E-state index >= 15 is 0 Å². The van der Waals surface area contributed by atoms with E-state index in [2.05, 4.69) is 34.0 Å². The van der Waals surface area contributed by atoms with E-state index in [9.17, 15) is 18.0 Å². The molecule has 2 atom stereocenters. The lowest BCUT2D eigenvalue weighted by Gasteiger charge is -2.39. The summed E-state index contributed by atoms with van der Waals surface area (Å²) in [5.41, 5.74) is 0. The van der Waals surface area contributed by atoms with Crippen LogP contribution in [0.1, 0.15) is 46.5 Å². The van der Waals surface area contributed by atoms with Crippen molar-refractivity contribution in [3.63, 3.8) is 0 Å². The third-order valence-electron chi connectivity index (χ3n) is 5.72. The van der Waals surface area contributed by atoms with Crippen molar-refractivity contribution in [2.45, 2.75) is 52.6 Å². The van der Waals surface area contributed by atoms with E-state index in [0.717, 1.165) is 45.2 Å². The normalized spacial score (nSPS) is 23.5. The van der Waals surface area contributed by atoms with Crippen LogP contribution in [-0.4, -0.2) is 91.6 Å². The van der Waals surface area contributed by atoms with Crippen LogP contribution in [0.3, 0.4) is 0 Å². The van der Waals surface area contributed by atoms with Gasteiger partial charge in [0.15, 0.2) is 5.96 Å². The Hall–Kier alpha value is -0.780. The molecule has 1 N–H and O–H groups in total. The minimum Gasteiger partial charge on any atom is -0.357 e. The summed E-state index contributed by atoms with van der Waals surface area (Å²) in [6, 6.07) is 0. The summed E-state index contributed by atoms with van der Waals surface area (Å²) in [7, 11) is 0. The van der Waals surface area contributed by atoms with Gasteiger partial charge >= 0.3 is 6.18 Å². The number of rotatable bonds is 7. The highest BCUT2D eigenvalue weighted by Crippen LogP contribution is 2.22. The quantitative estimate of drug-likeness (QED) is 0.224. The molecule has 2 heterocycles. The summed E-state index contributed by atoms with van der Waals surface area (Å²) in [5.74, 6) is 2.09. The molecule has 2 unspecified atom stereocenters. The van der Waals surface area contributed by atoms with Crippen molar-refractivity contribution in [2.75, 3.05) is 58.9 Å². The van der Waals surface area contributed by atoms with Gasteiger partial charge < -0.3 is 15.1 Å². The van der Waals surface area contributed by atoms with Gasteiger partial charge in [0.2, 0.25) is 5.91 Å². The van der Waals surface area contributed by atoms with Crippen molar-refractivity contribution < 1.29 is 18.0 Å². The summed E-state index contributed by atoms with van der Waals surface area (Å²) < 4.78 is 36.7. The van der Waals surface area contributed by atoms with E-state index in [1.165, 1.54) is 6.42 Å². The second kappa shape index (κ2) is 13.7. The average Bonchev–Trinajstić information content (AvgIpc) is 2.66. The van der Waals surface area contributed by atoms with Gasteiger partial charge in [0.1, 0.15) is 0 Å². The second-order valence-corrected chi connectivity index (χ2v) is 8.82. The number of amides is 1. The van der Waals surface area contributed by atoms with Gasteiger partial charge in [-0.15, -0.1) is 24.0 Å². The van der Waals surface area contributed by atoms with Crippen molar-refractivity contribution in [1.82, 2.24) is 20.0 Å². The molecule has 2 aliphatic heterocycles. The van der Waals surface area contributed by atoms with Crippen LogP contribution in [-0.2, 0) is 4.79 Å². The van der Waals surface area contributed by atoms with Crippen LogP contribution >= 0.6 is 24.0 Å². The number of nitrogens with one attached hydrogen (secondary N) is 1. The molecular weight excluding hydrogens is 522 g/mol. The first-order chi connectivity index (χ1) is 14.2. The number of halogens is 4. The number of hydrogen-bond acceptors (Lipinski definition) is 3. The number of aliphatic imine (C=N–C) groups is 1. The molecule has 1 amide bonds. The monoisotopic (exact) mass is 561 g/mol. The van der Waals surface area contributed by atoms with E-state index in [1.54, 1.807) is 0 Å². The minimum absolute atomic E-state index is 0. The average molecular weight is 561 g/mol. The first-order valence-electron chi connectivity index (χ1n) is 11.3. The number of carbonyl (C=O) groups is 1. The maximum Gasteiger partial charge on any atom is 0.389 e. The van der Waals surface area contributed by atoms with Crippen LogP contribution in [0.4, 0.5) is 13.2 Å². The number of hydrogen-bond donors (Lipinski definition) is 1. The standard InChI is InChI=1S/C21H38F3N5O.HI/c1-4-25-20(26-8-6-5-7-21(22,23)24)28-11-9-27(10-12-28)16-19(30)29-14-17(2)13-18(3)15-29;/h17-18H,4-16H2,1-3H3,(H,25,26);1H. The number of unbranched alkanes of at least 4 members (excludes halogenated alkanes) is 1. The van der Waals surface area contributed by atoms with Gasteiger partial charge in [-0.05, 0) is 38.0 Å². The van der Waals surface area contributed by atoms with Gasteiger partial charge in [0, 0.05) is 58.8 Å². The zero-order valence-electron chi connectivity index (χ0n) is 19.1. The molecule has 0 bridgehead atoms. The number of carbonyl (C=O) groups excluding carboxylic acids is 1. The lowest BCUT2D eigenvalue weighted by molar-refractivity contribution is -0.136. The van der Waals surface area contributed by atoms with Crippen LogP contribution in [0.25, 0.3) is 0 Å². The first kappa shape index (κ1) is 28.3. The Kier molecular flexibility index (Phi) is 12.5. The number of piperazine rings is 1. The smallest absolute Gasteiger partial charge is 0.357 e. The van der Waals surface area contributed by atoms with Crippen molar-refractivity contribution in [1.29, 1.82) is 0 Å². The Morgan fingerprint density at radius 2 is 1.65 bits per heavy atom. The van der Waals surface area contributed by atoms with Crippen molar-refractivity contribution >= 4 is 35.8 Å². The van der Waals surface area contributed by atoms with Gasteiger partial charge in [-0.3, -0.25) is 14.7 Å². The molecule has 0 aromatic heterocycles. The molecule has 6 nitrogen and oxygen atoms in total. The molecule has 2 rings (SSSR count). The SMILES string of the molecule is CCNC(=NCCCCC(F)(F)F)N1CCN(CC(=O)N2CC(C)CC(C)C2)CC1.I. The van der Waals surface area contributed by atoms with Crippen LogP contribution in [0.2, 0.25) is 0 Å². The highest BCUT2D eigenvalue weighted by atomic mass is 127. The Bertz CT molecular complexity index is 558. The predicted octanol–water partition coefficient (Wildman–Crippen LogP) is 3.42. The van der Waals surface area contributed by atoms with Crippen LogP contribution in [0, 0.1) is 11.8 Å². The third kappa shape index (κ3) is 10.6. The van der Waals surface area contributed by atoms with E-state index in [-0.39, 0.29) is 36.3 Å². The van der Waals surface area contributed by atoms with Crippen molar-refractivity contribution in [3.05, 3.63) is 0 Å². The Labute approximate surface area is 202 Å². The Morgan fingerprint density at radius 3 is 2.19 bits per heavy atom. The number of likely N-dealkylation sites (tertiary alicyclic amines) is 1. The molecule has 2 aliphatic rings. The molecule has 0 radical (unpaired) electrons. The van der Waals surface area contributed by atoms with Gasteiger partial charge in [-0.2, -0.15) is 13.2 Å². The van der Waals surface area contributed by atoms with Gasteiger partial charge in [-0.1, -0.05) is 13.8 Å². The summed E-state index contributed by atoms with van der Waals surface area (Å²) in [6.07, 6.45) is -3.12. The molecule has 2 fully saturated rings. The fourth-order valence-corrected chi connectivity index (χ4v) is 4.32. The number of guanidine groups is 1. The Balaban J connectivity index is 0.00000480. The highest BCUT2D eigenvalue weighted by Gasteiger charge is 2.28. The highest BCUT2D eigenvalue weighted by molar-refractivity contribution is 14.0. The van der Waals surface area contributed by atoms with Gasteiger partial charge in [0.25, 0.3) is 0 Å². The van der Waals surface area contributed by atoms with Gasteiger partial charge in [0.05, 0.1) is 6.54 Å². The van der Waals surface area contributed by atoms with E-state index in [1.807, 2.05) is 11.8 Å². The Morgan fingerprint density at radius 1 is 1.03 bits per heavy atom.